The minimum Gasteiger partial charge on any atom is -0.198 e. The summed E-state index contributed by atoms with van der Waals surface area (Å²) in [6, 6.07) is 0.811. The van der Waals surface area contributed by atoms with Gasteiger partial charge in [-0.05, 0) is 19.3 Å². The largest absolute Gasteiger partial charge is 0.198 e. The molecule has 2 nitrogen and oxygen atoms in total. The molecule has 0 radical (unpaired) electrons. The second kappa shape index (κ2) is 3.24. The van der Waals surface area contributed by atoms with Crippen LogP contribution in [0.25, 0.3) is 0 Å². The fourth-order valence-electron chi connectivity index (χ4n) is 2.06. The van der Waals surface area contributed by atoms with Gasteiger partial charge in [0.05, 0.1) is 6.54 Å². The van der Waals surface area contributed by atoms with Crippen LogP contribution >= 0.6 is 0 Å². The van der Waals surface area contributed by atoms with E-state index in [1.165, 1.54) is 45.1 Å². The molecule has 0 saturated carbocycles. The Balaban J connectivity index is 2.07. The summed E-state index contributed by atoms with van der Waals surface area (Å²) < 4.78 is 2.36. The molecule has 1 unspecified atom stereocenters. The van der Waals surface area contributed by atoms with Crippen LogP contribution in [0.1, 0.15) is 38.5 Å². The molecular weight excluding hydrogens is 136 g/mol. The molecule has 2 heteroatoms. The normalized spacial score (nSPS) is 31.3. The third-order valence-corrected chi connectivity index (χ3v) is 2.72. The van der Waals surface area contributed by atoms with Gasteiger partial charge in [0, 0.05) is 19.3 Å². The van der Waals surface area contributed by atoms with Gasteiger partial charge in [-0.25, -0.2) is 0 Å². The van der Waals surface area contributed by atoms with Crippen LogP contribution in [0.3, 0.4) is 0 Å². The Morgan fingerprint density at radius 1 is 1.18 bits per heavy atom. The molecule has 2 aliphatic heterocycles. The zero-order valence-corrected chi connectivity index (χ0v) is 7.05. The zero-order chi connectivity index (χ0) is 7.52. The van der Waals surface area contributed by atoms with Gasteiger partial charge in [-0.3, -0.25) is 0 Å². The SMILES string of the molecule is C1=[N+]2NCCCCC2CCC1. The van der Waals surface area contributed by atoms with Crippen LogP contribution in [0.2, 0.25) is 0 Å². The smallest absolute Gasteiger partial charge is 0.180 e. The lowest BCUT2D eigenvalue weighted by molar-refractivity contribution is -0.620. The summed E-state index contributed by atoms with van der Waals surface area (Å²) in [5.74, 6) is 0. The Bertz CT molecular complexity index is 163. The van der Waals surface area contributed by atoms with Gasteiger partial charge in [-0.15, -0.1) is 4.68 Å². The summed E-state index contributed by atoms with van der Waals surface area (Å²) in [7, 11) is 0. The van der Waals surface area contributed by atoms with E-state index in [9.17, 15) is 0 Å². The van der Waals surface area contributed by atoms with Gasteiger partial charge < -0.3 is 0 Å². The molecule has 11 heavy (non-hydrogen) atoms. The number of fused-ring (bicyclic) bond motifs is 1. The molecular formula is C9H17N2+. The van der Waals surface area contributed by atoms with Crippen molar-refractivity contribution >= 4 is 6.21 Å². The Kier molecular flexibility index (Phi) is 2.11. The Morgan fingerprint density at radius 2 is 2.09 bits per heavy atom. The number of nitrogens with zero attached hydrogens (tertiary/aromatic N) is 1. The van der Waals surface area contributed by atoms with Crippen molar-refractivity contribution < 1.29 is 4.68 Å². The summed E-state index contributed by atoms with van der Waals surface area (Å²) in [6.45, 7) is 1.17. The van der Waals surface area contributed by atoms with Gasteiger partial charge in [0.2, 0.25) is 0 Å². The zero-order valence-electron chi connectivity index (χ0n) is 7.05. The topological polar surface area (TPSA) is 15.0 Å². The molecule has 0 bridgehead atoms. The van der Waals surface area contributed by atoms with Gasteiger partial charge in [0.1, 0.15) is 0 Å². The average molecular weight is 153 g/mol. The van der Waals surface area contributed by atoms with Crippen LogP contribution in [-0.4, -0.2) is 23.5 Å². The van der Waals surface area contributed by atoms with E-state index in [-0.39, 0.29) is 0 Å². The molecule has 2 aliphatic rings. The van der Waals surface area contributed by atoms with Crippen molar-refractivity contribution in [1.82, 2.24) is 5.43 Å². The number of rotatable bonds is 0. The molecule has 62 valence electrons. The fraction of sp³-hybridized carbons (Fsp3) is 0.889. The highest BCUT2D eigenvalue weighted by atomic mass is 15.4. The van der Waals surface area contributed by atoms with Crippen molar-refractivity contribution in [2.45, 2.75) is 44.6 Å². The molecule has 0 aromatic rings. The summed E-state index contributed by atoms with van der Waals surface area (Å²) in [5, 5.41) is 0. The molecule has 0 aromatic carbocycles. The predicted molar refractivity (Wildman–Crippen MR) is 45.8 cm³/mol. The van der Waals surface area contributed by atoms with Crippen molar-refractivity contribution in [3.8, 4) is 0 Å². The molecule has 1 atom stereocenters. The third kappa shape index (κ3) is 1.55. The van der Waals surface area contributed by atoms with Crippen molar-refractivity contribution in [3.05, 3.63) is 0 Å². The number of hydrogen-bond donors (Lipinski definition) is 1. The van der Waals surface area contributed by atoms with Gasteiger partial charge >= 0.3 is 0 Å². The van der Waals surface area contributed by atoms with E-state index in [2.05, 4.69) is 16.3 Å². The minimum absolute atomic E-state index is 0.811. The van der Waals surface area contributed by atoms with Crippen LogP contribution in [-0.2, 0) is 0 Å². The highest BCUT2D eigenvalue weighted by molar-refractivity contribution is 5.51. The first kappa shape index (κ1) is 7.14. The minimum atomic E-state index is 0.811. The van der Waals surface area contributed by atoms with E-state index in [0.717, 1.165) is 6.04 Å². The molecule has 0 amide bonds. The summed E-state index contributed by atoms with van der Waals surface area (Å²) in [4.78, 5) is 0. The lowest BCUT2D eigenvalue weighted by atomic mass is 10.0. The third-order valence-electron chi connectivity index (χ3n) is 2.72. The Morgan fingerprint density at radius 3 is 3.09 bits per heavy atom. The van der Waals surface area contributed by atoms with E-state index in [0.29, 0.717) is 0 Å². The van der Waals surface area contributed by atoms with Crippen LogP contribution in [0.4, 0.5) is 0 Å². The molecule has 0 spiro atoms. The van der Waals surface area contributed by atoms with Crippen LogP contribution in [0.5, 0.6) is 0 Å². The average Bonchev–Trinajstić information content (AvgIpc) is 2.28. The summed E-state index contributed by atoms with van der Waals surface area (Å²) >= 11 is 0. The number of hydrazone groups is 1. The first-order valence-electron chi connectivity index (χ1n) is 4.82. The highest BCUT2D eigenvalue weighted by Crippen LogP contribution is 2.16. The molecule has 1 fully saturated rings. The predicted octanol–water partition coefficient (Wildman–Crippen LogP) is 1.31. The first-order valence-corrected chi connectivity index (χ1v) is 4.82. The van der Waals surface area contributed by atoms with Crippen LogP contribution < -0.4 is 5.43 Å². The van der Waals surface area contributed by atoms with Crippen LogP contribution in [0.15, 0.2) is 0 Å². The second-order valence-corrected chi connectivity index (χ2v) is 3.58. The Hall–Kier alpha value is -0.530. The van der Waals surface area contributed by atoms with Gasteiger partial charge in [0.15, 0.2) is 12.3 Å². The van der Waals surface area contributed by atoms with Gasteiger partial charge in [-0.1, -0.05) is 0 Å². The van der Waals surface area contributed by atoms with E-state index >= 15 is 0 Å². The van der Waals surface area contributed by atoms with Crippen molar-refractivity contribution in [1.29, 1.82) is 0 Å². The summed E-state index contributed by atoms with van der Waals surface area (Å²) in [5.41, 5.74) is 3.46. The fourth-order valence-corrected chi connectivity index (χ4v) is 2.06. The van der Waals surface area contributed by atoms with Gasteiger partial charge in [0.25, 0.3) is 0 Å². The van der Waals surface area contributed by atoms with Crippen molar-refractivity contribution in [2.24, 2.45) is 0 Å². The number of nitrogens with one attached hydrogen (secondary N) is 1. The highest BCUT2D eigenvalue weighted by Gasteiger charge is 2.25. The van der Waals surface area contributed by atoms with Gasteiger partial charge in [-0.2, -0.15) is 5.43 Å². The molecule has 2 rings (SSSR count). The van der Waals surface area contributed by atoms with E-state index in [1.807, 2.05) is 0 Å². The van der Waals surface area contributed by atoms with E-state index in [4.69, 9.17) is 0 Å². The first-order chi connectivity index (χ1) is 5.47. The maximum Gasteiger partial charge on any atom is 0.180 e. The molecule has 1 saturated heterocycles. The molecule has 0 aliphatic carbocycles. The second-order valence-electron chi connectivity index (χ2n) is 3.58. The van der Waals surface area contributed by atoms with Crippen LogP contribution in [0, 0.1) is 0 Å². The van der Waals surface area contributed by atoms with E-state index in [1.54, 1.807) is 0 Å². The Labute approximate surface area is 68.3 Å². The lowest BCUT2D eigenvalue weighted by Crippen LogP contribution is -2.38. The monoisotopic (exact) mass is 153 g/mol. The molecule has 0 aromatic heterocycles. The number of hydrazine groups is 1. The van der Waals surface area contributed by atoms with Crippen molar-refractivity contribution in [2.75, 3.05) is 6.54 Å². The summed E-state index contributed by atoms with van der Waals surface area (Å²) in [6.07, 6.45) is 10.5. The maximum atomic E-state index is 3.46. The van der Waals surface area contributed by atoms with Crippen molar-refractivity contribution in [3.63, 3.8) is 0 Å². The molecule has 1 N–H and O–H groups in total. The quantitative estimate of drug-likeness (QED) is 0.519. The number of hydrogen-bond acceptors (Lipinski definition) is 1. The lowest BCUT2D eigenvalue weighted by Gasteiger charge is -2.15. The molecule has 2 heterocycles. The maximum absolute atomic E-state index is 3.46. The van der Waals surface area contributed by atoms with E-state index < -0.39 is 0 Å². The standard InChI is InChI=1S/C9H17N2/c1-3-7-10-11-8-4-2-6-9(11)5-1/h8-10H,1-7H2/q+1.